The fourth-order valence-corrected chi connectivity index (χ4v) is 1.69. The summed E-state index contributed by atoms with van der Waals surface area (Å²) in [5.41, 5.74) is 6.16. The number of hydrogen-bond donors (Lipinski definition) is 2. The number of carbonyl (C=O) groups is 1. The Hall–Kier alpha value is -1.89. The second-order valence-electron chi connectivity index (χ2n) is 2.73. The van der Waals surface area contributed by atoms with Crippen molar-refractivity contribution in [2.75, 3.05) is 12.8 Å². The molecule has 0 spiro atoms. The summed E-state index contributed by atoms with van der Waals surface area (Å²) in [5, 5.41) is 8.22. The first-order valence-electron chi connectivity index (χ1n) is 4.05. The van der Waals surface area contributed by atoms with Crippen molar-refractivity contribution in [1.82, 2.24) is 15.2 Å². The summed E-state index contributed by atoms with van der Waals surface area (Å²) < 4.78 is 4.89. The number of thiazole rings is 1. The largest absolute Gasteiger partial charge is 0.473 e. The van der Waals surface area contributed by atoms with E-state index in [0.717, 1.165) is 0 Å². The molecule has 0 saturated carbocycles. The second-order valence-corrected chi connectivity index (χ2v) is 3.55. The summed E-state index contributed by atoms with van der Waals surface area (Å²) in [4.78, 5) is 15.8. The molecule has 0 unspecified atom stereocenters. The van der Waals surface area contributed by atoms with Gasteiger partial charge in [-0.15, -0.1) is 0 Å². The molecule has 0 amide bonds. The minimum Gasteiger partial charge on any atom is -0.473 e. The number of nitrogen functional groups attached to an aromatic ring is 1. The Morgan fingerprint density at radius 3 is 3.00 bits per heavy atom. The van der Waals surface area contributed by atoms with Crippen LogP contribution in [0.4, 0.5) is 5.82 Å². The molecule has 0 aliphatic carbocycles. The van der Waals surface area contributed by atoms with Crippen molar-refractivity contribution in [3.05, 3.63) is 22.8 Å². The van der Waals surface area contributed by atoms with E-state index in [4.69, 9.17) is 10.5 Å². The number of ketones is 1. The van der Waals surface area contributed by atoms with Gasteiger partial charge in [-0.2, -0.15) is 10.1 Å². The molecule has 6 nitrogen and oxygen atoms in total. The Kier molecular flexibility index (Phi) is 2.38. The first kappa shape index (κ1) is 9.66. The molecule has 78 valence electrons. The molecule has 7 heteroatoms. The molecule has 15 heavy (non-hydrogen) atoms. The number of nitrogens with zero attached hydrogens (tertiary/aromatic N) is 2. The molecule has 2 aromatic heterocycles. The lowest BCUT2D eigenvalue weighted by Crippen LogP contribution is -2.03. The van der Waals surface area contributed by atoms with Gasteiger partial charge in [0, 0.05) is 5.38 Å². The predicted molar refractivity (Wildman–Crippen MR) is 55.1 cm³/mol. The van der Waals surface area contributed by atoms with Gasteiger partial charge < -0.3 is 10.5 Å². The number of aromatic amines is 1. The van der Waals surface area contributed by atoms with E-state index >= 15 is 0 Å². The Morgan fingerprint density at radius 2 is 2.47 bits per heavy atom. The number of methoxy groups -OCH3 is 1. The molecule has 0 saturated heterocycles. The Morgan fingerprint density at radius 1 is 1.67 bits per heavy atom. The van der Waals surface area contributed by atoms with Crippen LogP contribution in [0.25, 0.3) is 0 Å². The first-order chi connectivity index (χ1) is 7.22. The summed E-state index contributed by atoms with van der Waals surface area (Å²) in [6, 6.07) is 0. The first-order valence-corrected chi connectivity index (χ1v) is 4.93. The van der Waals surface area contributed by atoms with E-state index < -0.39 is 0 Å². The van der Waals surface area contributed by atoms with Crippen LogP contribution in [-0.4, -0.2) is 28.1 Å². The Balaban J connectivity index is 2.32. The number of H-pyrrole nitrogens is 1. The standard InChI is InChI=1S/C8H8N4O2S/c1-14-8-11-5(3-15-8)6(13)4-2-10-12-7(4)9/h2-3H,1H3,(H3,9,10,12). The molecule has 0 bridgehead atoms. The van der Waals surface area contributed by atoms with E-state index in [-0.39, 0.29) is 11.6 Å². The summed E-state index contributed by atoms with van der Waals surface area (Å²) in [5.74, 6) is -0.0206. The number of rotatable bonds is 3. The highest BCUT2D eigenvalue weighted by Crippen LogP contribution is 2.20. The average molecular weight is 224 g/mol. The third kappa shape index (κ3) is 1.68. The lowest BCUT2D eigenvalue weighted by molar-refractivity contribution is 0.103. The number of anilines is 1. The van der Waals surface area contributed by atoms with Crippen LogP contribution in [0.5, 0.6) is 5.19 Å². The van der Waals surface area contributed by atoms with E-state index in [1.165, 1.54) is 24.6 Å². The summed E-state index contributed by atoms with van der Waals surface area (Å²) in [6.45, 7) is 0. The SMILES string of the molecule is COc1nc(C(=O)c2cn[nH]c2N)cs1. The van der Waals surface area contributed by atoms with Gasteiger partial charge in [-0.3, -0.25) is 9.89 Å². The maximum absolute atomic E-state index is 11.8. The third-order valence-electron chi connectivity index (χ3n) is 1.80. The van der Waals surface area contributed by atoms with Crippen molar-refractivity contribution in [3.8, 4) is 5.19 Å². The van der Waals surface area contributed by atoms with E-state index in [0.29, 0.717) is 16.5 Å². The molecule has 2 rings (SSSR count). The predicted octanol–water partition coefficient (Wildman–Crippen LogP) is 0.688. The summed E-state index contributed by atoms with van der Waals surface area (Å²) in [6.07, 6.45) is 1.38. The number of ether oxygens (including phenoxy) is 1. The number of aromatic nitrogens is 3. The number of nitrogens with one attached hydrogen (secondary N) is 1. The number of hydrogen-bond acceptors (Lipinski definition) is 6. The lowest BCUT2D eigenvalue weighted by atomic mass is 10.2. The monoisotopic (exact) mass is 224 g/mol. The van der Waals surface area contributed by atoms with Crippen molar-refractivity contribution in [2.24, 2.45) is 0 Å². The van der Waals surface area contributed by atoms with E-state index in [9.17, 15) is 4.79 Å². The molecule has 2 aromatic rings. The van der Waals surface area contributed by atoms with Gasteiger partial charge >= 0.3 is 0 Å². The number of carbonyl (C=O) groups excluding carboxylic acids is 1. The van der Waals surface area contributed by atoms with Crippen LogP contribution in [0, 0.1) is 0 Å². The molecule has 0 aromatic carbocycles. The van der Waals surface area contributed by atoms with Crippen LogP contribution in [-0.2, 0) is 0 Å². The normalized spacial score (nSPS) is 10.2. The molecular formula is C8H8N4O2S. The zero-order chi connectivity index (χ0) is 10.8. The highest BCUT2D eigenvalue weighted by Gasteiger charge is 2.17. The third-order valence-corrected chi connectivity index (χ3v) is 2.60. The Labute approximate surface area is 89.1 Å². The van der Waals surface area contributed by atoms with Gasteiger partial charge in [0.25, 0.3) is 5.19 Å². The molecule has 0 aliphatic heterocycles. The highest BCUT2D eigenvalue weighted by atomic mass is 32.1. The topological polar surface area (TPSA) is 93.9 Å². The van der Waals surface area contributed by atoms with Gasteiger partial charge in [-0.1, -0.05) is 11.3 Å². The van der Waals surface area contributed by atoms with Crippen molar-refractivity contribution in [3.63, 3.8) is 0 Å². The molecule has 2 heterocycles. The molecule has 0 aliphatic rings. The van der Waals surface area contributed by atoms with E-state index in [1.807, 2.05) is 0 Å². The van der Waals surface area contributed by atoms with Crippen LogP contribution in [0.2, 0.25) is 0 Å². The zero-order valence-corrected chi connectivity index (χ0v) is 8.67. The molecule has 0 atom stereocenters. The molecule has 0 fully saturated rings. The minimum atomic E-state index is -0.263. The van der Waals surface area contributed by atoms with Crippen LogP contribution in [0.1, 0.15) is 16.1 Å². The highest BCUT2D eigenvalue weighted by molar-refractivity contribution is 7.11. The van der Waals surface area contributed by atoms with Crippen molar-refractivity contribution in [2.45, 2.75) is 0 Å². The smallest absolute Gasteiger partial charge is 0.273 e. The van der Waals surface area contributed by atoms with Crippen molar-refractivity contribution in [1.29, 1.82) is 0 Å². The van der Waals surface area contributed by atoms with Gasteiger partial charge in [0.05, 0.1) is 18.9 Å². The molecule has 3 N–H and O–H groups in total. The maximum atomic E-state index is 11.8. The van der Waals surface area contributed by atoms with E-state index in [1.54, 1.807) is 5.38 Å². The van der Waals surface area contributed by atoms with Gasteiger partial charge in [0.15, 0.2) is 0 Å². The van der Waals surface area contributed by atoms with Crippen LogP contribution >= 0.6 is 11.3 Å². The van der Waals surface area contributed by atoms with Gasteiger partial charge in [0.2, 0.25) is 5.78 Å². The summed E-state index contributed by atoms with van der Waals surface area (Å²) >= 11 is 1.26. The maximum Gasteiger partial charge on any atom is 0.273 e. The summed E-state index contributed by atoms with van der Waals surface area (Å²) in [7, 11) is 1.50. The van der Waals surface area contributed by atoms with E-state index in [2.05, 4.69) is 15.2 Å². The zero-order valence-electron chi connectivity index (χ0n) is 7.85. The van der Waals surface area contributed by atoms with Crippen LogP contribution in [0.15, 0.2) is 11.6 Å². The van der Waals surface area contributed by atoms with Gasteiger partial charge in [-0.05, 0) is 0 Å². The minimum absolute atomic E-state index is 0.243. The fourth-order valence-electron chi connectivity index (χ4n) is 1.07. The van der Waals surface area contributed by atoms with Crippen LogP contribution in [0.3, 0.4) is 0 Å². The van der Waals surface area contributed by atoms with Crippen molar-refractivity contribution >= 4 is 22.9 Å². The fraction of sp³-hybridized carbons (Fsp3) is 0.125. The van der Waals surface area contributed by atoms with Gasteiger partial charge in [0.1, 0.15) is 11.5 Å². The van der Waals surface area contributed by atoms with Crippen LogP contribution < -0.4 is 10.5 Å². The van der Waals surface area contributed by atoms with Crippen molar-refractivity contribution < 1.29 is 9.53 Å². The number of nitrogens with two attached hydrogens (primary N) is 1. The average Bonchev–Trinajstić information content (AvgIpc) is 2.84. The molecular weight excluding hydrogens is 216 g/mol. The molecule has 0 radical (unpaired) electrons. The Bertz CT molecular complexity index is 490. The van der Waals surface area contributed by atoms with Gasteiger partial charge in [-0.25, -0.2) is 0 Å². The second kappa shape index (κ2) is 3.70. The quantitative estimate of drug-likeness (QED) is 0.748. The lowest BCUT2D eigenvalue weighted by Gasteiger charge is -1.93.